The highest BCUT2D eigenvalue weighted by molar-refractivity contribution is 5.06. The molecule has 1 saturated heterocycles. The fraction of sp³-hybridized carbons (Fsp3) is 0.857. The van der Waals surface area contributed by atoms with Gasteiger partial charge in [0.1, 0.15) is 6.04 Å². The molecule has 2 saturated carbocycles. The van der Waals surface area contributed by atoms with E-state index >= 15 is 0 Å². The van der Waals surface area contributed by atoms with Crippen molar-refractivity contribution in [3.05, 3.63) is 11.7 Å². The maximum absolute atomic E-state index is 5.79. The number of aromatic nitrogens is 2. The minimum atomic E-state index is 0.139. The standard InChI is InChI=1S/C14H21N3O2/c1-9-12(14-15-13(16-19-14)11-4-5-11)17(6-7-18-9)8-10-2-3-10/h9-12H,2-8H2,1H3/t9-,12+/m1/s1. The number of rotatable bonds is 4. The van der Waals surface area contributed by atoms with Crippen LogP contribution in [0, 0.1) is 5.92 Å². The lowest BCUT2D eigenvalue weighted by atomic mass is 10.1. The molecule has 0 spiro atoms. The molecule has 104 valence electrons. The first-order chi connectivity index (χ1) is 9.31. The molecule has 0 amide bonds. The highest BCUT2D eigenvalue weighted by Gasteiger charge is 2.39. The quantitative estimate of drug-likeness (QED) is 0.833. The van der Waals surface area contributed by atoms with E-state index in [1.165, 1.54) is 25.7 Å². The number of ether oxygens (including phenoxy) is 1. The molecule has 5 nitrogen and oxygen atoms in total. The lowest BCUT2D eigenvalue weighted by Crippen LogP contribution is -2.45. The Morgan fingerprint density at radius 1 is 1.26 bits per heavy atom. The smallest absolute Gasteiger partial charge is 0.246 e. The normalized spacial score (nSPS) is 32.7. The van der Waals surface area contributed by atoms with Gasteiger partial charge in [-0.15, -0.1) is 0 Å². The lowest BCUT2D eigenvalue weighted by molar-refractivity contribution is -0.0742. The predicted molar refractivity (Wildman–Crippen MR) is 68.7 cm³/mol. The highest BCUT2D eigenvalue weighted by atomic mass is 16.5. The van der Waals surface area contributed by atoms with Crippen LogP contribution in [0.15, 0.2) is 4.52 Å². The molecule has 3 aliphatic rings. The van der Waals surface area contributed by atoms with Gasteiger partial charge in [-0.05, 0) is 38.5 Å². The molecular formula is C14H21N3O2. The van der Waals surface area contributed by atoms with Crippen molar-refractivity contribution in [1.29, 1.82) is 0 Å². The van der Waals surface area contributed by atoms with Crippen LogP contribution in [-0.2, 0) is 4.74 Å². The topological polar surface area (TPSA) is 51.4 Å². The Bertz CT molecular complexity index is 453. The summed E-state index contributed by atoms with van der Waals surface area (Å²) in [4.78, 5) is 7.11. The van der Waals surface area contributed by atoms with E-state index in [2.05, 4.69) is 22.0 Å². The van der Waals surface area contributed by atoms with Gasteiger partial charge in [-0.25, -0.2) is 0 Å². The molecule has 1 aromatic heterocycles. The first-order valence-electron chi connectivity index (χ1n) is 7.50. The van der Waals surface area contributed by atoms with Crippen LogP contribution in [0.3, 0.4) is 0 Å². The maximum Gasteiger partial charge on any atom is 0.246 e. The van der Waals surface area contributed by atoms with Gasteiger partial charge in [0.05, 0.1) is 12.7 Å². The molecule has 2 atom stereocenters. The van der Waals surface area contributed by atoms with Crippen molar-refractivity contribution in [2.75, 3.05) is 19.7 Å². The van der Waals surface area contributed by atoms with Gasteiger partial charge in [-0.1, -0.05) is 5.16 Å². The average Bonchev–Trinajstić information content (AvgIpc) is 3.31. The van der Waals surface area contributed by atoms with E-state index in [1.807, 2.05) is 0 Å². The van der Waals surface area contributed by atoms with E-state index < -0.39 is 0 Å². The molecule has 1 aromatic rings. The molecule has 5 heteroatoms. The highest BCUT2D eigenvalue weighted by Crippen LogP contribution is 2.40. The number of hydrogen-bond acceptors (Lipinski definition) is 5. The van der Waals surface area contributed by atoms with Gasteiger partial charge in [-0.2, -0.15) is 4.98 Å². The minimum Gasteiger partial charge on any atom is -0.375 e. The number of nitrogens with zero attached hydrogens (tertiary/aromatic N) is 3. The van der Waals surface area contributed by atoms with E-state index in [0.717, 1.165) is 37.3 Å². The van der Waals surface area contributed by atoms with Crippen LogP contribution in [0.4, 0.5) is 0 Å². The summed E-state index contributed by atoms with van der Waals surface area (Å²) in [7, 11) is 0. The van der Waals surface area contributed by atoms with E-state index in [1.54, 1.807) is 0 Å². The number of morpholine rings is 1. The van der Waals surface area contributed by atoms with Gasteiger partial charge >= 0.3 is 0 Å². The monoisotopic (exact) mass is 263 g/mol. The molecule has 1 aliphatic heterocycles. The molecule has 4 rings (SSSR count). The van der Waals surface area contributed by atoms with Gasteiger partial charge in [0, 0.05) is 19.0 Å². The molecule has 3 fully saturated rings. The predicted octanol–water partition coefficient (Wildman–Crippen LogP) is 2.12. The van der Waals surface area contributed by atoms with Crippen LogP contribution in [0.1, 0.15) is 56.3 Å². The molecule has 0 unspecified atom stereocenters. The van der Waals surface area contributed by atoms with Crippen LogP contribution < -0.4 is 0 Å². The van der Waals surface area contributed by atoms with Crippen LogP contribution >= 0.6 is 0 Å². The Balaban J connectivity index is 1.55. The second-order valence-corrected chi connectivity index (χ2v) is 6.22. The minimum absolute atomic E-state index is 0.139. The maximum atomic E-state index is 5.79. The first kappa shape index (κ1) is 11.9. The molecule has 0 N–H and O–H groups in total. The first-order valence-corrected chi connectivity index (χ1v) is 7.50. The van der Waals surface area contributed by atoms with E-state index in [9.17, 15) is 0 Å². The third-order valence-corrected chi connectivity index (χ3v) is 4.44. The van der Waals surface area contributed by atoms with Gasteiger partial charge in [-0.3, -0.25) is 4.90 Å². The molecular weight excluding hydrogens is 242 g/mol. The van der Waals surface area contributed by atoms with Gasteiger partial charge in [0.25, 0.3) is 0 Å². The van der Waals surface area contributed by atoms with E-state index in [4.69, 9.17) is 9.26 Å². The Hall–Kier alpha value is -0.940. The zero-order valence-corrected chi connectivity index (χ0v) is 11.4. The van der Waals surface area contributed by atoms with E-state index in [-0.39, 0.29) is 12.1 Å². The summed E-state index contributed by atoms with van der Waals surface area (Å²) in [5, 5.41) is 4.15. The Kier molecular flexibility index (Phi) is 2.84. The third-order valence-electron chi connectivity index (χ3n) is 4.44. The lowest BCUT2D eigenvalue weighted by Gasteiger charge is -2.37. The summed E-state index contributed by atoms with van der Waals surface area (Å²) in [6.07, 6.45) is 5.30. The summed E-state index contributed by atoms with van der Waals surface area (Å²) < 4.78 is 11.3. The number of hydrogen-bond donors (Lipinski definition) is 0. The zero-order chi connectivity index (χ0) is 12.8. The average molecular weight is 263 g/mol. The SMILES string of the molecule is C[C@H]1OCCN(CC2CC2)[C@@H]1c1nc(C2CC2)no1. The van der Waals surface area contributed by atoms with Crippen molar-refractivity contribution in [2.45, 2.75) is 50.7 Å². The van der Waals surface area contributed by atoms with Crippen molar-refractivity contribution >= 4 is 0 Å². The van der Waals surface area contributed by atoms with Gasteiger partial charge in [0.15, 0.2) is 5.82 Å². The van der Waals surface area contributed by atoms with Crippen LogP contribution in [0.2, 0.25) is 0 Å². The Labute approximate surface area is 113 Å². The summed E-state index contributed by atoms with van der Waals surface area (Å²) >= 11 is 0. The van der Waals surface area contributed by atoms with Gasteiger partial charge < -0.3 is 9.26 Å². The van der Waals surface area contributed by atoms with Crippen molar-refractivity contribution in [3.8, 4) is 0 Å². The summed E-state index contributed by atoms with van der Waals surface area (Å²) in [6.45, 7) is 5.06. The van der Waals surface area contributed by atoms with Crippen LogP contribution in [-0.4, -0.2) is 40.8 Å². The summed E-state index contributed by atoms with van der Waals surface area (Å²) in [6, 6.07) is 0.148. The second kappa shape index (κ2) is 4.56. The summed E-state index contributed by atoms with van der Waals surface area (Å²) in [5.41, 5.74) is 0. The Morgan fingerprint density at radius 2 is 2.11 bits per heavy atom. The molecule has 19 heavy (non-hydrogen) atoms. The molecule has 0 radical (unpaired) electrons. The van der Waals surface area contributed by atoms with E-state index in [0.29, 0.717) is 5.92 Å². The molecule has 2 aliphatic carbocycles. The molecule has 0 bridgehead atoms. The van der Waals surface area contributed by atoms with Crippen LogP contribution in [0.5, 0.6) is 0 Å². The largest absolute Gasteiger partial charge is 0.375 e. The summed E-state index contributed by atoms with van der Waals surface area (Å²) in [5.74, 6) is 3.08. The second-order valence-electron chi connectivity index (χ2n) is 6.22. The molecule has 0 aromatic carbocycles. The van der Waals surface area contributed by atoms with Crippen molar-refractivity contribution < 1.29 is 9.26 Å². The van der Waals surface area contributed by atoms with Crippen molar-refractivity contribution in [1.82, 2.24) is 15.0 Å². The fourth-order valence-corrected chi connectivity index (χ4v) is 2.95. The molecule has 2 heterocycles. The van der Waals surface area contributed by atoms with Crippen molar-refractivity contribution in [3.63, 3.8) is 0 Å². The zero-order valence-electron chi connectivity index (χ0n) is 11.4. The fourth-order valence-electron chi connectivity index (χ4n) is 2.95. The van der Waals surface area contributed by atoms with Gasteiger partial charge in [0.2, 0.25) is 5.89 Å². The third kappa shape index (κ3) is 2.41. The Morgan fingerprint density at radius 3 is 2.84 bits per heavy atom. The van der Waals surface area contributed by atoms with Crippen LogP contribution in [0.25, 0.3) is 0 Å². The van der Waals surface area contributed by atoms with Crippen molar-refractivity contribution in [2.24, 2.45) is 5.92 Å².